The van der Waals surface area contributed by atoms with Crippen LogP contribution in [0, 0.1) is 5.41 Å². The lowest BCUT2D eigenvalue weighted by Crippen LogP contribution is -2.23. The number of hydrogen-bond donors (Lipinski definition) is 4. The number of amidine groups is 1. The van der Waals surface area contributed by atoms with Crippen LogP contribution in [0.15, 0.2) is 35.5 Å². The van der Waals surface area contributed by atoms with Gasteiger partial charge in [-0.1, -0.05) is 17.8 Å². The first kappa shape index (κ1) is 18.8. The third-order valence-electron chi connectivity index (χ3n) is 3.18. The lowest BCUT2D eigenvalue weighted by molar-refractivity contribution is -0.137. The third kappa shape index (κ3) is 5.52. The second-order valence-electron chi connectivity index (χ2n) is 5.06. The van der Waals surface area contributed by atoms with E-state index in [4.69, 9.17) is 16.9 Å². The molecule has 0 saturated heterocycles. The average molecular weight is 370 g/mol. The number of pyridine rings is 1. The molecule has 6 nitrogen and oxygen atoms in total. The van der Waals surface area contributed by atoms with Crippen LogP contribution in [-0.4, -0.2) is 28.4 Å². The number of anilines is 1. The van der Waals surface area contributed by atoms with Crippen molar-refractivity contribution in [3.05, 3.63) is 36.0 Å². The number of alkyl halides is 3. The molecule has 0 bridgehead atoms. The number of nitrogens with one attached hydrogen (secondary N) is 2. The topological polar surface area (TPSA) is 113 Å². The standard InChI is InChI=1S/C15H17F3N6S/c16-15(17,18)9-2-3-10-11(4-6-23-12(10)8-9)22-5-1-7-25-14(21)24-13(19)20/h2-4,6,8H,1,5,7H2,(H,22,23)(H5,19,20,21,24). The molecule has 1 aromatic carbocycles. The van der Waals surface area contributed by atoms with Gasteiger partial charge in [-0.2, -0.15) is 18.2 Å². The van der Waals surface area contributed by atoms with E-state index in [0.29, 0.717) is 23.4 Å². The van der Waals surface area contributed by atoms with E-state index in [9.17, 15) is 13.2 Å². The van der Waals surface area contributed by atoms with Crippen molar-refractivity contribution in [1.29, 1.82) is 5.41 Å². The zero-order chi connectivity index (χ0) is 18.4. The Morgan fingerprint density at radius 2 is 2.04 bits per heavy atom. The minimum Gasteiger partial charge on any atom is -0.384 e. The largest absolute Gasteiger partial charge is 0.416 e. The molecule has 0 spiro atoms. The molecular weight excluding hydrogens is 353 g/mol. The van der Waals surface area contributed by atoms with E-state index in [1.807, 2.05) is 0 Å². The second kappa shape index (κ2) is 8.06. The van der Waals surface area contributed by atoms with Gasteiger partial charge in [0.15, 0.2) is 11.1 Å². The molecule has 2 aromatic rings. The Morgan fingerprint density at radius 3 is 2.72 bits per heavy atom. The minimum absolute atomic E-state index is 0.0361. The van der Waals surface area contributed by atoms with Gasteiger partial charge in [0, 0.05) is 29.6 Å². The van der Waals surface area contributed by atoms with E-state index >= 15 is 0 Å². The van der Waals surface area contributed by atoms with Crippen LogP contribution >= 0.6 is 11.8 Å². The molecule has 0 atom stereocenters. The van der Waals surface area contributed by atoms with Crippen LogP contribution in [0.1, 0.15) is 12.0 Å². The summed E-state index contributed by atoms with van der Waals surface area (Å²) in [7, 11) is 0. The van der Waals surface area contributed by atoms with Crippen LogP contribution in [-0.2, 0) is 6.18 Å². The van der Waals surface area contributed by atoms with Crippen LogP contribution in [0.5, 0.6) is 0 Å². The molecular formula is C15H17F3N6S. The van der Waals surface area contributed by atoms with Crippen LogP contribution in [0.3, 0.4) is 0 Å². The molecule has 6 N–H and O–H groups in total. The molecule has 10 heteroatoms. The predicted octanol–water partition coefficient (Wildman–Crippen LogP) is 3.00. The van der Waals surface area contributed by atoms with Crippen LogP contribution in [0.25, 0.3) is 10.9 Å². The summed E-state index contributed by atoms with van der Waals surface area (Å²) in [6.07, 6.45) is -2.21. The van der Waals surface area contributed by atoms with Gasteiger partial charge < -0.3 is 16.8 Å². The van der Waals surface area contributed by atoms with Gasteiger partial charge in [0.1, 0.15) is 0 Å². The highest BCUT2D eigenvalue weighted by molar-refractivity contribution is 8.13. The minimum atomic E-state index is -4.39. The molecule has 0 unspecified atom stereocenters. The number of benzene rings is 1. The molecule has 0 fully saturated rings. The van der Waals surface area contributed by atoms with E-state index in [1.165, 1.54) is 24.0 Å². The van der Waals surface area contributed by atoms with E-state index in [-0.39, 0.29) is 16.6 Å². The molecule has 134 valence electrons. The maximum Gasteiger partial charge on any atom is 0.416 e. The van der Waals surface area contributed by atoms with Gasteiger partial charge in [0.05, 0.1) is 11.1 Å². The normalized spacial score (nSPS) is 11.3. The lowest BCUT2D eigenvalue weighted by atomic mass is 10.1. The number of guanidine groups is 1. The first-order valence-corrected chi connectivity index (χ1v) is 8.27. The van der Waals surface area contributed by atoms with Gasteiger partial charge in [-0.25, -0.2) is 0 Å². The third-order valence-corrected chi connectivity index (χ3v) is 4.03. The summed E-state index contributed by atoms with van der Waals surface area (Å²) in [5.74, 6) is 0.473. The van der Waals surface area contributed by atoms with Crippen LogP contribution < -0.4 is 16.8 Å². The van der Waals surface area contributed by atoms with Crippen LogP contribution in [0.2, 0.25) is 0 Å². The molecule has 0 aliphatic carbocycles. The van der Waals surface area contributed by atoms with Crippen molar-refractivity contribution in [2.45, 2.75) is 12.6 Å². The fourth-order valence-corrected chi connectivity index (χ4v) is 2.74. The molecule has 25 heavy (non-hydrogen) atoms. The molecule has 0 saturated carbocycles. The number of aromatic nitrogens is 1. The Kier molecular flexibility index (Phi) is 6.07. The van der Waals surface area contributed by atoms with Crippen molar-refractivity contribution in [3.63, 3.8) is 0 Å². The number of hydrogen-bond acceptors (Lipinski definition) is 4. The molecule has 2 rings (SSSR count). The lowest BCUT2D eigenvalue weighted by Gasteiger charge is -2.11. The first-order chi connectivity index (χ1) is 11.8. The highest BCUT2D eigenvalue weighted by Crippen LogP contribution is 2.32. The highest BCUT2D eigenvalue weighted by Gasteiger charge is 2.30. The van der Waals surface area contributed by atoms with Crippen molar-refractivity contribution >= 4 is 39.5 Å². The van der Waals surface area contributed by atoms with Gasteiger partial charge in [-0.15, -0.1) is 0 Å². The number of fused-ring (bicyclic) bond motifs is 1. The molecule has 1 aromatic heterocycles. The highest BCUT2D eigenvalue weighted by atomic mass is 32.2. The van der Waals surface area contributed by atoms with Crippen molar-refractivity contribution < 1.29 is 13.2 Å². The Labute approximate surface area is 146 Å². The van der Waals surface area contributed by atoms with Crippen LogP contribution in [0.4, 0.5) is 18.9 Å². The SMILES string of the molecule is N=C(N=C(N)N)SCCCNc1ccnc2cc(C(F)(F)F)ccc12. The Bertz CT molecular complexity index is 786. The average Bonchev–Trinajstić information content (AvgIpc) is 2.52. The molecule has 1 heterocycles. The fourth-order valence-electron chi connectivity index (χ4n) is 2.09. The van der Waals surface area contributed by atoms with Crippen molar-refractivity contribution in [2.75, 3.05) is 17.6 Å². The summed E-state index contributed by atoms with van der Waals surface area (Å²) < 4.78 is 38.3. The Hall–Kier alpha value is -2.49. The van der Waals surface area contributed by atoms with Gasteiger partial charge >= 0.3 is 6.18 Å². The van der Waals surface area contributed by atoms with Crippen molar-refractivity contribution in [2.24, 2.45) is 16.5 Å². The van der Waals surface area contributed by atoms with Gasteiger partial charge in [-0.3, -0.25) is 10.4 Å². The van der Waals surface area contributed by atoms with Crippen molar-refractivity contribution in [3.8, 4) is 0 Å². The summed E-state index contributed by atoms with van der Waals surface area (Å²) >= 11 is 1.21. The number of thioether (sulfide) groups is 1. The number of aliphatic imine (C=N–C) groups is 1. The summed E-state index contributed by atoms with van der Waals surface area (Å²) in [6.45, 7) is 0.586. The predicted molar refractivity (Wildman–Crippen MR) is 95.8 cm³/mol. The number of halogens is 3. The second-order valence-corrected chi connectivity index (χ2v) is 6.14. The quantitative estimate of drug-likeness (QED) is 0.367. The number of nitrogens with two attached hydrogens (primary N) is 2. The summed E-state index contributed by atoms with van der Waals surface area (Å²) in [6, 6.07) is 5.20. The van der Waals surface area contributed by atoms with E-state index in [2.05, 4.69) is 15.3 Å². The summed E-state index contributed by atoms with van der Waals surface area (Å²) in [4.78, 5) is 7.60. The van der Waals surface area contributed by atoms with E-state index in [0.717, 1.165) is 18.6 Å². The number of rotatable bonds is 5. The van der Waals surface area contributed by atoms with Crippen molar-refractivity contribution in [1.82, 2.24) is 4.98 Å². The molecule has 0 radical (unpaired) electrons. The Morgan fingerprint density at radius 1 is 1.28 bits per heavy atom. The maximum absolute atomic E-state index is 12.8. The summed E-state index contributed by atoms with van der Waals surface area (Å²) in [5.41, 5.74) is 10.6. The van der Waals surface area contributed by atoms with Gasteiger partial charge in [0.25, 0.3) is 0 Å². The monoisotopic (exact) mass is 370 g/mol. The molecule has 0 amide bonds. The number of nitrogens with zero attached hydrogens (tertiary/aromatic N) is 2. The smallest absolute Gasteiger partial charge is 0.384 e. The fraction of sp³-hybridized carbons (Fsp3) is 0.267. The summed E-state index contributed by atoms with van der Waals surface area (Å²) in [5, 5.41) is 11.3. The van der Waals surface area contributed by atoms with Gasteiger partial charge in [-0.05, 0) is 24.6 Å². The zero-order valence-corrected chi connectivity index (χ0v) is 13.9. The Balaban J connectivity index is 1.95. The zero-order valence-electron chi connectivity index (χ0n) is 13.1. The van der Waals surface area contributed by atoms with E-state index in [1.54, 1.807) is 6.07 Å². The maximum atomic E-state index is 12.8. The first-order valence-electron chi connectivity index (χ1n) is 7.28. The van der Waals surface area contributed by atoms with Gasteiger partial charge in [0.2, 0.25) is 0 Å². The molecule has 0 aliphatic rings. The van der Waals surface area contributed by atoms with E-state index < -0.39 is 11.7 Å². The molecule has 0 aliphatic heterocycles.